The van der Waals surface area contributed by atoms with Crippen molar-refractivity contribution in [3.63, 3.8) is 0 Å². The summed E-state index contributed by atoms with van der Waals surface area (Å²) in [6.07, 6.45) is 8.71. The van der Waals surface area contributed by atoms with Gasteiger partial charge in [0, 0.05) is 24.5 Å². The molecule has 2 aliphatic heterocycles. The molecular formula is C12H18N4. The van der Waals surface area contributed by atoms with Crippen LogP contribution in [0.5, 0.6) is 0 Å². The maximum atomic E-state index is 4.40. The van der Waals surface area contributed by atoms with Crippen molar-refractivity contribution in [1.82, 2.24) is 15.3 Å². The molecule has 0 bridgehead atoms. The minimum Gasteiger partial charge on any atom is -0.335 e. The van der Waals surface area contributed by atoms with E-state index in [0.29, 0.717) is 5.54 Å². The Kier molecular flexibility index (Phi) is 2.52. The van der Waals surface area contributed by atoms with Gasteiger partial charge in [-0.3, -0.25) is 0 Å². The van der Waals surface area contributed by atoms with E-state index < -0.39 is 0 Å². The van der Waals surface area contributed by atoms with Crippen molar-refractivity contribution in [3.05, 3.63) is 18.5 Å². The quantitative estimate of drug-likeness (QED) is 0.769. The van der Waals surface area contributed by atoms with Gasteiger partial charge in [0.2, 0.25) is 5.95 Å². The highest BCUT2D eigenvalue weighted by atomic mass is 15.3. The van der Waals surface area contributed by atoms with Crippen molar-refractivity contribution >= 4 is 5.95 Å². The minimum atomic E-state index is 0.340. The zero-order valence-electron chi connectivity index (χ0n) is 9.52. The Morgan fingerprint density at radius 3 is 2.62 bits per heavy atom. The van der Waals surface area contributed by atoms with E-state index in [0.717, 1.165) is 25.6 Å². The van der Waals surface area contributed by atoms with Crippen molar-refractivity contribution in [2.75, 3.05) is 24.5 Å². The molecular weight excluding hydrogens is 200 g/mol. The van der Waals surface area contributed by atoms with Crippen LogP contribution in [-0.4, -0.2) is 35.1 Å². The van der Waals surface area contributed by atoms with Crippen LogP contribution in [0, 0.1) is 0 Å². The van der Waals surface area contributed by atoms with E-state index in [1.165, 1.54) is 25.7 Å². The van der Waals surface area contributed by atoms with Crippen LogP contribution in [0.3, 0.4) is 0 Å². The van der Waals surface area contributed by atoms with Crippen molar-refractivity contribution in [2.24, 2.45) is 0 Å². The molecule has 2 saturated heterocycles. The van der Waals surface area contributed by atoms with Crippen LogP contribution in [-0.2, 0) is 0 Å². The Balaban J connectivity index is 1.89. The van der Waals surface area contributed by atoms with Gasteiger partial charge in [-0.2, -0.15) is 0 Å². The van der Waals surface area contributed by atoms with Crippen LogP contribution < -0.4 is 10.2 Å². The number of rotatable bonds is 1. The van der Waals surface area contributed by atoms with Crippen molar-refractivity contribution < 1.29 is 0 Å². The monoisotopic (exact) mass is 218 g/mol. The first-order valence-corrected chi connectivity index (χ1v) is 6.16. The molecule has 86 valence electrons. The Morgan fingerprint density at radius 1 is 1.12 bits per heavy atom. The highest BCUT2D eigenvalue weighted by Gasteiger charge is 2.42. The van der Waals surface area contributed by atoms with Crippen LogP contribution in [0.15, 0.2) is 18.5 Å². The van der Waals surface area contributed by atoms with E-state index in [9.17, 15) is 0 Å². The van der Waals surface area contributed by atoms with E-state index in [-0.39, 0.29) is 0 Å². The van der Waals surface area contributed by atoms with Gasteiger partial charge in [0.15, 0.2) is 0 Å². The molecule has 0 atom stereocenters. The fourth-order valence-electron chi connectivity index (χ4n) is 3.09. The first-order chi connectivity index (χ1) is 7.91. The molecule has 2 aliphatic rings. The summed E-state index contributed by atoms with van der Waals surface area (Å²) in [6, 6.07) is 1.88. The molecule has 4 heteroatoms. The van der Waals surface area contributed by atoms with Crippen LogP contribution in [0.4, 0.5) is 5.95 Å². The molecule has 1 aromatic rings. The van der Waals surface area contributed by atoms with Crippen LogP contribution in [0.2, 0.25) is 0 Å². The molecule has 4 nitrogen and oxygen atoms in total. The largest absolute Gasteiger partial charge is 0.335 e. The van der Waals surface area contributed by atoms with E-state index in [1.54, 1.807) is 0 Å². The number of nitrogens with zero attached hydrogens (tertiary/aromatic N) is 3. The predicted octanol–water partition coefficient (Wildman–Crippen LogP) is 1.20. The number of aromatic nitrogens is 2. The summed E-state index contributed by atoms with van der Waals surface area (Å²) in [7, 11) is 0. The zero-order valence-corrected chi connectivity index (χ0v) is 9.52. The highest BCUT2D eigenvalue weighted by Crippen LogP contribution is 2.38. The minimum absolute atomic E-state index is 0.340. The van der Waals surface area contributed by atoms with Crippen LogP contribution in [0.25, 0.3) is 0 Å². The zero-order chi connectivity index (χ0) is 10.8. The van der Waals surface area contributed by atoms with Gasteiger partial charge in [0.1, 0.15) is 0 Å². The second kappa shape index (κ2) is 4.01. The summed E-state index contributed by atoms with van der Waals surface area (Å²) in [5, 5.41) is 3.44. The number of piperidine rings is 1. The summed E-state index contributed by atoms with van der Waals surface area (Å²) in [5.41, 5.74) is 0.340. The van der Waals surface area contributed by atoms with Crippen molar-refractivity contribution in [1.29, 1.82) is 0 Å². The van der Waals surface area contributed by atoms with Crippen LogP contribution >= 0.6 is 0 Å². The maximum absolute atomic E-state index is 4.40. The fraction of sp³-hybridized carbons (Fsp3) is 0.667. The van der Waals surface area contributed by atoms with Gasteiger partial charge in [0.25, 0.3) is 0 Å². The van der Waals surface area contributed by atoms with E-state index in [4.69, 9.17) is 0 Å². The molecule has 1 aromatic heterocycles. The third-order valence-electron chi connectivity index (χ3n) is 3.92. The SMILES string of the molecule is c1cnc(N2CCCC23CCNCC3)nc1. The summed E-state index contributed by atoms with van der Waals surface area (Å²) in [6.45, 7) is 3.37. The molecule has 16 heavy (non-hydrogen) atoms. The Morgan fingerprint density at radius 2 is 1.88 bits per heavy atom. The second-order valence-corrected chi connectivity index (χ2v) is 4.78. The van der Waals surface area contributed by atoms with Gasteiger partial charge in [-0.05, 0) is 44.8 Å². The smallest absolute Gasteiger partial charge is 0.225 e. The maximum Gasteiger partial charge on any atom is 0.225 e. The molecule has 0 unspecified atom stereocenters. The number of hydrogen-bond donors (Lipinski definition) is 1. The molecule has 0 amide bonds. The average molecular weight is 218 g/mol. The average Bonchev–Trinajstić information content (AvgIpc) is 2.75. The van der Waals surface area contributed by atoms with Gasteiger partial charge in [-0.15, -0.1) is 0 Å². The van der Waals surface area contributed by atoms with Crippen LogP contribution in [0.1, 0.15) is 25.7 Å². The Bertz CT molecular complexity index is 345. The Hall–Kier alpha value is -1.16. The fourth-order valence-corrected chi connectivity index (χ4v) is 3.09. The van der Waals surface area contributed by atoms with Crippen molar-refractivity contribution in [2.45, 2.75) is 31.2 Å². The summed E-state index contributed by atoms with van der Waals surface area (Å²) in [4.78, 5) is 11.2. The molecule has 0 aliphatic carbocycles. The van der Waals surface area contributed by atoms with Gasteiger partial charge in [-0.25, -0.2) is 9.97 Å². The first-order valence-electron chi connectivity index (χ1n) is 6.16. The molecule has 1 N–H and O–H groups in total. The summed E-state index contributed by atoms with van der Waals surface area (Å²) in [5.74, 6) is 0.918. The van der Waals surface area contributed by atoms with Gasteiger partial charge in [0.05, 0.1) is 0 Å². The number of nitrogens with one attached hydrogen (secondary N) is 1. The summed E-state index contributed by atoms with van der Waals surface area (Å²) < 4.78 is 0. The molecule has 0 aromatic carbocycles. The lowest BCUT2D eigenvalue weighted by Gasteiger charge is -2.41. The third-order valence-corrected chi connectivity index (χ3v) is 3.92. The predicted molar refractivity (Wildman–Crippen MR) is 63.4 cm³/mol. The normalized spacial score (nSPS) is 23.9. The lowest BCUT2D eigenvalue weighted by atomic mass is 9.86. The second-order valence-electron chi connectivity index (χ2n) is 4.78. The highest BCUT2D eigenvalue weighted by molar-refractivity contribution is 5.37. The molecule has 0 saturated carbocycles. The van der Waals surface area contributed by atoms with Gasteiger partial charge < -0.3 is 10.2 Å². The topological polar surface area (TPSA) is 41.1 Å². The van der Waals surface area contributed by atoms with Crippen molar-refractivity contribution in [3.8, 4) is 0 Å². The first kappa shape index (κ1) is 10.0. The summed E-state index contributed by atoms with van der Waals surface area (Å²) >= 11 is 0. The number of hydrogen-bond acceptors (Lipinski definition) is 4. The third kappa shape index (κ3) is 1.57. The van der Waals surface area contributed by atoms with Gasteiger partial charge in [-0.1, -0.05) is 0 Å². The lowest BCUT2D eigenvalue weighted by molar-refractivity contribution is 0.308. The number of anilines is 1. The molecule has 3 heterocycles. The lowest BCUT2D eigenvalue weighted by Crippen LogP contribution is -2.51. The molecule has 3 rings (SSSR count). The standard InChI is InChI=1S/C12H18N4/c1-3-12(4-8-13-9-5-12)16(10-1)11-14-6-2-7-15-11/h2,6-7,13H,1,3-5,8-10H2. The molecule has 2 fully saturated rings. The molecule has 1 spiro atoms. The Labute approximate surface area is 96.1 Å². The van der Waals surface area contributed by atoms with E-state index in [1.807, 2.05) is 18.5 Å². The van der Waals surface area contributed by atoms with E-state index in [2.05, 4.69) is 20.2 Å². The van der Waals surface area contributed by atoms with Gasteiger partial charge >= 0.3 is 0 Å². The molecule has 0 radical (unpaired) electrons. The van der Waals surface area contributed by atoms with E-state index >= 15 is 0 Å².